The molecule has 0 saturated heterocycles. The number of hydrogen-bond donors (Lipinski definition) is 2. The molecule has 2 N–H and O–H groups in total. The van der Waals surface area contributed by atoms with E-state index in [0.29, 0.717) is 0 Å². The fraction of sp³-hybridized carbons (Fsp3) is 0. The molecule has 2 aromatic heterocycles. The van der Waals surface area contributed by atoms with Crippen molar-refractivity contribution in [2.24, 2.45) is 0 Å². The summed E-state index contributed by atoms with van der Waals surface area (Å²) in [5.74, 6) is 0. The van der Waals surface area contributed by atoms with E-state index in [0.717, 1.165) is 0 Å². The van der Waals surface area contributed by atoms with E-state index in [2.05, 4.69) is 82.9 Å². The minimum absolute atomic E-state index is 1.18. The van der Waals surface area contributed by atoms with E-state index in [9.17, 15) is 0 Å². The van der Waals surface area contributed by atoms with Gasteiger partial charge in [0.15, 0.2) is 0 Å². The zero-order valence-corrected chi connectivity index (χ0v) is 11.9. The van der Waals surface area contributed by atoms with Gasteiger partial charge in [-0.05, 0) is 23.8 Å². The SMILES string of the molecule is c1ccc2c(-c3ccc4c(c3)[nH]c3ccccc34)c[nH]c2c1. The zero-order valence-electron chi connectivity index (χ0n) is 11.9. The van der Waals surface area contributed by atoms with Crippen molar-refractivity contribution in [2.45, 2.75) is 0 Å². The number of fused-ring (bicyclic) bond motifs is 4. The largest absolute Gasteiger partial charge is 0.361 e. The number of benzene rings is 3. The van der Waals surface area contributed by atoms with Crippen molar-refractivity contribution in [3.63, 3.8) is 0 Å². The van der Waals surface area contributed by atoms with E-state index in [4.69, 9.17) is 0 Å². The Kier molecular flexibility index (Phi) is 2.25. The number of hydrogen-bond acceptors (Lipinski definition) is 0. The molecule has 0 amide bonds. The van der Waals surface area contributed by atoms with E-state index in [1.165, 1.54) is 43.8 Å². The van der Waals surface area contributed by atoms with Gasteiger partial charge in [-0.2, -0.15) is 0 Å². The maximum atomic E-state index is 3.52. The van der Waals surface area contributed by atoms with Crippen LogP contribution in [0, 0.1) is 0 Å². The van der Waals surface area contributed by atoms with Gasteiger partial charge in [0.05, 0.1) is 0 Å². The molecule has 0 unspecified atom stereocenters. The van der Waals surface area contributed by atoms with Crippen molar-refractivity contribution < 1.29 is 0 Å². The molecular weight excluding hydrogens is 268 g/mol. The first kappa shape index (κ1) is 11.6. The highest BCUT2D eigenvalue weighted by Crippen LogP contribution is 2.32. The van der Waals surface area contributed by atoms with Gasteiger partial charge in [-0.1, -0.05) is 48.5 Å². The Morgan fingerprint density at radius 2 is 1.32 bits per heavy atom. The van der Waals surface area contributed by atoms with Crippen LogP contribution in [0.3, 0.4) is 0 Å². The number of rotatable bonds is 1. The number of H-pyrrole nitrogens is 2. The Morgan fingerprint density at radius 3 is 2.23 bits per heavy atom. The second-order valence-electron chi connectivity index (χ2n) is 5.68. The quantitative estimate of drug-likeness (QED) is 0.408. The molecule has 0 fully saturated rings. The lowest BCUT2D eigenvalue weighted by Crippen LogP contribution is -1.76. The summed E-state index contributed by atoms with van der Waals surface area (Å²) >= 11 is 0. The van der Waals surface area contributed by atoms with Crippen LogP contribution in [0.15, 0.2) is 72.9 Å². The average Bonchev–Trinajstić information content (AvgIpc) is 3.15. The molecule has 3 aromatic carbocycles. The van der Waals surface area contributed by atoms with E-state index >= 15 is 0 Å². The third-order valence-corrected chi connectivity index (χ3v) is 4.41. The van der Waals surface area contributed by atoms with Crippen molar-refractivity contribution >= 4 is 32.7 Å². The van der Waals surface area contributed by atoms with Gasteiger partial charge in [0.25, 0.3) is 0 Å². The molecule has 0 aliphatic rings. The van der Waals surface area contributed by atoms with Gasteiger partial charge in [0.1, 0.15) is 0 Å². The lowest BCUT2D eigenvalue weighted by Gasteiger charge is -2.00. The highest BCUT2D eigenvalue weighted by atomic mass is 14.7. The van der Waals surface area contributed by atoms with Crippen LogP contribution in [0.4, 0.5) is 0 Å². The predicted octanol–water partition coefficient (Wildman–Crippen LogP) is 5.47. The Hall–Kier alpha value is -3.00. The molecule has 22 heavy (non-hydrogen) atoms. The van der Waals surface area contributed by atoms with E-state index in [1.807, 2.05) is 0 Å². The summed E-state index contributed by atoms with van der Waals surface area (Å²) in [4.78, 5) is 6.87. The first-order valence-electron chi connectivity index (χ1n) is 7.47. The maximum absolute atomic E-state index is 3.52. The first-order valence-corrected chi connectivity index (χ1v) is 7.47. The van der Waals surface area contributed by atoms with Crippen molar-refractivity contribution in [1.82, 2.24) is 9.97 Å². The van der Waals surface area contributed by atoms with Crippen LogP contribution >= 0.6 is 0 Å². The van der Waals surface area contributed by atoms with Crippen LogP contribution in [0.25, 0.3) is 43.8 Å². The molecule has 104 valence electrons. The Bertz CT molecular complexity index is 1130. The molecule has 0 atom stereocenters. The van der Waals surface area contributed by atoms with Crippen LogP contribution in [-0.4, -0.2) is 9.97 Å². The fourth-order valence-corrected chi connectivity index (χ4v) is 3.33. The monoisotopic (exact) mass is 282 g/mol. The number of para-hydroxylation sites is 2. The first-order chi connectivity index (χ1) is 10.9. The Morgan fingerprint density at radius 1 is 0.591 bits per heavy atom. The van der Waals surface area contributed by atoms with E-state index in [-0.39, 0.29) is 0 Å². The summed E-state index contributed by atoms with van der Waals surface area (Å²) in [6.07, 6.45) is 2.09. The van der Waals surface area contributed by atoms with Gasteiger partial charge in [-0.3, -0.25) is 0 Å². The van der Waals surface area contributed by atoms with E-state index in [1.54, 1.807) is 0 Å². The molecule has 5 rings (SSSR count). The van der Waals surface area contributed by atoms with Gasteiger partial charge in [0.2, 0.25) is 0 Å². The summed E-state index contributed by atoms with van der Waals surface area (Å²) in [7, 11) is 0. The van der Waals surface area contributed by atoms with Gasteiger partial charge >= 0.3 is 0 Å². The normalized spacial score (nSPS) is 11.6. The lowest BCUT2D eigenvalue weighted by atomic mass is 10.0. The Balaban J connectivity index is 1.80. The zero-order chi connectivity index (χ0) is 14.5. The van der Waals surface area contributed by atoms with Crippen molar-refractivity contribution in [1.29, 1.82) is 0 Å². The predicted molar refractivity (Wildman–Crippen MR) is 93.1 cm³/mol. The second kappa shape index (κ2) is 4.25. The third kappa shape index (κ3) is 1.55. The van der Waals surface area contributed by atoms with Gasteiger partial charge in [-0.25, -0.2) is 0 Å². The molecule has 0 aliphatic heterocycles. The fourth-order valence-electron chi connectivity index (χ4n) is 3.33. The van der Waals surface area contributed by atoms with Crippen LogP contribution in [0.1, 0.15) is 0 Å². The smallest absolute Gasteiger partial charge is 0.0471 e. The average molecular weight is 282 g/mol. The molecule has 0 spiro atoms. The van der Waals surface area contributed by atoms with Crippen molar-refractivity contribution in [3.8, 4) is 11.1 Å². The third-order valence-electron chi connectivity index (χ3n) is 4.41. The lowest BCUT2D eigenvalue weighted by molar-refractivity contribution is 1.47. The summed E-state index contributed by atoms with van der Waals surface area (Å²) in [5.41, 5.74) is 6.03. The van der Waals surface area contributed by atoms with Gasteiger partial charge < -0.3 is 9.97 Å². The number of aromatic nitrogens is 2. The van der Waals surface area contributed by atoms with Crippen LogP contribution < -0.4 is 0 Å². The van der Waals surface area contributed by atoms with Crippen LogP contribution in [0.5, 0.6) is 0 Å². The minimum atomic E-state index is 1.18. The summed E-state index contributed by atoms with van der Waals surface area (Å²) in [5, 5.41) is 3.82. The number of nitrogens with one attached hydrogen (secondary N) is 2. The van der Waals surface area contributed by atoms with Gasteiger partial charge in [-0.15, -0.1) is 0 Å². The highest BCUT2D eigenvalue weighted by Gasteiger charge is 2.08. The molecule has 5 aromatic rings. The molecule has 0 saturated carbocycles. The van der Waals surface area contributed by atoms with Crippen LogP contribution in [0.2, 0.25) is 0 Å². The van der Waals surface area contributed by atoms with Crippen molar-refractivity contribution in [3.05, 3.63) is 72.9 Å². The van der Waals surface area contributed by atoms with Gasteiger partial charge in [0, 0.05) is 44.5 Å². The van der Waals surface area contributed by atoms with E-state index < -0.39 is 0 Å². The molecule has 2 nitrogen and oxygen atoms in total. The molecule has 2 heterocycles. The topological polar surface area (TPSA) is 31.6 Å². The standard InChI is InChI=1S/C20H14N2/c1-3-7-18-15(6-1)17(12-21-18)13-9-10-16-14-5-2-4-8-19(14)22-20(16)11-13/h1-12,21-22H. The van der Waals surface area contributed by atoms with Crippen molar-refractivity contribution in [2.75, 3.05) is 0 Å². The molecule has 0 radical (unpaired) electrons. The molecule has 0 bridgehead atoms. The number of aromatic amines is 2. The Labute approximate surface area is 127 Å². The molecule has 2 heteroatoms. The maximum Gasteiger partial charge on any atom is 0.0471 e. The van der Waals surface area contributed by atoms with Crippen LogP contribution in [-0.2, 0) is 0 Å². The minimum Gasteiger partial charge on any atom is -0.361 e. The highest BCUT2D eigenvalue weighted by molar-refractivity contribution is 6.09. The summed E-state index contributed by atoms with van der Waals surface area (Å²) < 4.78 is 0. The summed E-state index contributed by atoms with van der Waals surface area (Å²) in [6.45, 7) is 0. The molecule has 0 aliphatic carbocycles. The second-order valence-corrected chi connectivity index (χ2v) is 5.68. The summed E-state index contributed by atoms with van der Waals surface area (Å²) in [6, 6.07) is 23.5. The molecular formula is C20H14N2.